The van der Waals surface area contributed by atoms with Crippen LogP contribution in [0.3, 0.4) is 0 Å². The van der Waals surface area contributed by atoms with Crippen LogP contribution in [0.1, 0.15) is 22.3 Å². The van der Waals surface area contributed by atoms with Crippen molar-refractivity contribution in [2.75, 3.05) is 0 Å². The third-order valence-corrected chi connectivity index (χ3v) is 7.92. The van der Waals surface area contributed by atoms with Crippen molar-refractivity contribution in [2.24, 2.45) is 0 Å². The monoisotopic (exact) mass is 554 g/mol. The Balaban J connectivity index is 0.000000223. The Morgan fingerprint density at radius 1 is 0.306 bits per heavy atom. The molecule has 5 aromatic carbocycles. The van der Waals surface area contributed by atoms with Crippen LogP contribution in [0.4, 0.5) is 0 Å². The Hall–Kier alpha value is -2.99. The molecule has 0 spiro atoms. The molecule has 5 rings (SSSR count). The van der Waals surface area contributed by atoms with Crippen molar-refractivity contribution in [1.29, 1.82) is 0 Å². The van der Waals surface area contributed by atoms with E-state index < -0.39 is 7.92 Å². The van der Waals surface area contributed by atoms with Gasteiger partial charge in [-0.2, -0.15) is 0 Å². The van der Waals surface area contributed by atoms with E-state index in [1.54, 1.807) is 0 Å². The van der Waals surface area contributed by atoms with E-state index in [1.807, 2.05) is 0 Å². The second-order valence-corrected chi connectivity index (χ2v) is 10.9. The summed E-state index contributed by atoms with van der Waals surface area (Å²) in [6, 6.07) is 49.3. The van der Waals surface area contributed by atoms with Crippen LogP contribution in [0.5, 0.6) is 0 Å². The average molecular weight is 556 g/mol. The van der Waals surface area contributed by atoms with E-state index in [1.165, 1.54) is 38.2 Å². The van der Waals surface area contributed by atoms with Crippen LogP contribution in [-0.4, -0.2) is 0 Å². The maximum absolute atomic E-state index is 2.23. The number of benzene rings is 5. The topological polar surface area (TPSA) is 0 Å². The van der Waals surface area contributed by atoms with Gasteiger partial charge in [-0.1, -0.05) is 162 Å². The van der Waals surface area contributed by atoms with Crippen LogP contribution in [0.2, 0.25) is 0 Å². The quantitative estimate of drug-likeness (QED) is 0.196. The lowest BCUT2D eigenvalue weighted by Crippen LogP contribution is -2.20. The second-order valence-electron chi connectivity index (χ2n) is 8.65. The van der Waals surface area contributed by atoms with Gasteiger partial charge in [0.15, 0.2) is 0 Å². The molecule has 0 atom stereocenters. The molecule has 0 aliphatic carbocycles. The van der Waals surface area contributed by atoms with Gasteiger partial charge in [0, 0.05) is 0 Å². The second kappa shape index (κ2) is 15.9. The van der Waals surface area contributed by atoms with Gasteiger partial charge < -0.3 is 0 Å². The molecule has 0 nitrogen and oxygen atoms in total. The van der Waals surface area contributed by atoms with E-state index in [4.69, 9.17) is 0 Å². The average Bonchev–Trinajstić information content (AvgIpc) is 2.90. The molecular formula is C34H36BrP. The Labute approximate surface area is 229 Å². The fourth-order valence-corrected chi connectivity index (χ4v) is 5.76. The van der Waals surface area contributed by atoms with Gasteiger partial charge in [-0.25, -0.2) is 0 Å². The van der Waals surface area contributed by atoms with Gasteiger partial charge in [0.25, 0.3) is 0 Å². The van der Waals surface area contributed by atoms with E-state index in [0.717, 1.165) is 0 Å². The highest BCUT2D eigenvalue weighted by molar-refractivity contribution is 8.93. The van der Waals surface area contributed by atoms with E-state index in [9.17, 15) is 0 Å². The largest absolute Gasteiger partial charge is 0.114 e. The molecule has 184 valence electrons. The Kier molecular flexibility index (Phi) is 12.9. The highest BCUT2D eigenvalue weighted by Crippen LogP contribution is 2.32. The van der Waals surface area contributed by atoms with E-state index in [0.29, 0.717) is 0 Å². The number of hydrogen-bond acceptors (Lipinski definition) is 0. The van der Waals surface area contributed by atoms with E-state index >= 15 is 0 Å². The minimum absolute atomic E-state index is 0. The summed E-state index contributed by atoms with van der Waals surface area (Å²) < 4.78 is 0. The predicted molar refractivity (Wildman–Crippen MR) is 167 cm³/mol. The standard InChI is InChI=1S/C18H15P.2C8H10.BrH/c1-4-10-16(11-5-1)19(17-12-6-2-7-13-17)18-14-8-3-9-15-18;2*1-7-3-5-8(2)6-4-7;/h1-15H;2*3-6H,1-2H3;1H. The number of rotatable bonds is 3. The summed E-state index contributed by atoms with van der Waals surface area (Å²) in [7, 11) is -0.446. The highest BCUT2D eigenvalue weighted by Gasteiger charge is 2.14. The van der Waals surface area contributed by atoms with Crippen LogP contribution in [-0.2, 0) is 0 Å². The zero-order valence-electron chi connectivity index (χ0n) is 21.6. The van der Waals surface area contributed by atoms with Crippen LogP contribution in [0, 0.1) is 27.7 Å². The lowest BCUT2D eigenvalue weighted by molar-refractivity contribution is 1.40. The third kappa shape index (κ3) is 9.94. The summed E-state index contributed by atoms with van der Waals surface area (Å²) in [5.41, 5.74) is 5.32. The molecule has 0 radical (unpaired) electrons. The first-order chi connectivity index (χ1) is 17.0. The minimum atomic E-state index is -0.446. The lowest BCUT2D eigenvalue weighted by atomic mass is 10.2. The van der Waals surface area contributed by atoms with Crippen molar-refractivity contribution in [3.05, 3.63) is 162 Å². The van der Waals surface area contributed by atoms with Crippen LogP contribution in [0.25, 0.3) is 0 Å². The van der Waals surface area contributed by atoms with Crippen molar-refractivity contribution in [3.8, 4) is 0 Å². The molecule has 0 saturated heterocycles. The molecule has 0 aromatic heterocycles. The van der Waals surface area contributed by atoms with Crippen LogP contribution >= 0.6 is 24.9 Å². The van der Waals surface area contributed by atoms with Crippen molar-refractivity contribution < 1.29 is 0 Å². The van der Waals surface area contributed by atoms with E-state index in [2.05, 4.69) is 167 Å². The highest BCUT2D eigenvalue weighted by atomic mass is 79.9. The van der Waals surface area contributed by atoms with Gasteiger partial charge in [0.05, 0.1) is 0 Å². The van der Waals surface area contributed by atoms with Crippen LogP contribution in [0.15, 0.2) is 140 Å². The maximum atomic E-state index is 2.23. The zero-order valence-corrected chi connectivity index (χ0v) is 24.2. The molecule has 0 N–H and O–H groups in total. The van der Waals surface area contributed by atoms with Gasteiger partial charge in [-0.15, -0.1) is 17.0 Å². The number of hydrogen-bond donors (Lipinski definition) is 0. The normalized spacial score (nSPS) is 9.69. The minimum Gasteiger partial charge on any atom is -0.114 e. The zero-order chi connectivity index (χ0) is 24.9. The van der Waals surface area contributed by atoms with Gasteiger partial charge in [0.2, 0.25) is 0 Å². The van der Waals surface area contributed by atoms with Crippen LogP contribution < -0.4 is 15.9 Å². The molecule has 0 saturated carbocycles. The van der Waals surface area contributed by atoms with Gasteiger partial charge >= 0.3 is 0 Å². The smallest absolute Gasteiger partial charge is 0.0134 e. The van der Waals surface area contributed by atoms with Gasteiger partial charge in [-0.3, -0.25) is 0 Å². The Morgan fingerprint density at radius 3 is 0.694 bits per heavy atom. The molecule has 0 amide bonds. The molecule has 0 aliphatic heterocycles. The molecule has 0 heterocycles. The van der Waals surface area contributed by atoms with E-state index in [-0.39, 0.29) is 17.0 Å². The first-order valence-electron chi connectivity index (χ1n) is 12.0. The van der Waals surface area contributed by atoms with Crippen molar-refractivity contribution in [3.63, 3.8) is 0 Å². The first-order valence-corrected chi connectivity index (χ1v) is 13.4. The fraction of sp³-hybridized carbons (Fsp3) is 0.118. The van der Waals surface area contributed by atoms with Gasteiger partial charge in [0.1, 0.15) is 0 Å². The molecule has 0 bridgehead atoms. The summed E-state index contributed by atoms with van der Waals surface area (Å²) >= 11 is 0. The summed E-state index contributed by atoms with van der Waals surface area (Å²) in [6.07, 6.45) is 0. The molecule has 0 fully saturated rings. The fourth-order valence-electron chi connectivity index (χ4n) is 3.45. The molecular weight excluding hydrogens is 519 g/mol. The number of halogens is 1. The van der Waals surface area contributed by atoms with Crippen molar-refractivity contribution in [1.82, 2.24) is 0 Å². The maximum Gasteiger partial charge on any atom is -0.0134 e. The summed E-state index contributed by atoms with van der Waals surface area (Å²) in [5.74, 6) is 0. The third-order valence-electron chi connectivity index (χ3n) is 5.48. The summed E-state index contributed by atoms with van der Waals surface area (Å²) in [5, 5.41) is 4.19. The lowest BCUT2D eigenvalue weighted by Gasteiger charge is -2.18. The molecule has 0 aliphatic rings. The van der Waals surface area contributed by atoms with Gasteiger partial charge in [-0.05, 0) is 51.5 Å². The number of aryl methyl sites for hydroxylation is 4. The van der Waals surface area contributed by atoms with Crippen molar-refractivity contribution in [2.45, 2.75) is 27.7 Å². The predicted octanol–water partition coefficient (Wildman–Crippen LogP) is 8.63. The van der Waals surface area contributed by atoms with Crippen molar-refractivity contribution >= 4 is 40.8 Å². The molecule has 5 aromatic rings. The summed E-state index contributed by atoms with van der Waals surface area (Å²) in [6.45, 7) is 8.39. The molecule has 2 heteroatoms. The Morgan fingerprint density at radius 2 is 0.500 bits per heavy atom. The Bertz CT molecular complexity index is 1050. The summed E-state index contributed by atoms with van der Waals surface area (Å²) in [4.78, 5) is 0. The first kappa shape index (κ1) is 29.2. The SMILES string of the molecule is Br.Cc1ccc(C)cc1.Cc1ccc(C)cc1.c1ccc(P(c2ccccc2)c2ccccc2)cc1. The molecule has 0 unspecified atom stereocenters. The molecule has 36 heavy (non-hydrogen) atoms.